The highest BCUT2D eigenvalue weighted by Crippen LogP contribution is 2.44. The van der Waals surface area contributed by atoms with Crippen LogP contribution in [-0.4, -0.2) is 4.57 Å². The molecular formula is C32H16FN3O. The molecule has 5 aromatic carbocycles. The van der Waals surface area contributed by atoms with Gasteiger partial charge in [-0.1, -0.05) is 66.7 Å². The van der Waals surface area contributed by atoms with E-state index >= 15 is 4.39 Å². The van der Waals surface area contributed by atoms with Gasteiger partial charge < -0.3 is 8.98 Å². The third-order valence-electron chi connectivity index (χ3n) is 6.95. The Morgan fingerprint density at radius 1 is 0.757 bits per heavy atom. The average Bonchev–Trinajstić information content (AvgIpc) is 3.48. The summed E-state index contributed by atoms with van der Waals surface area (Å²) in [5.74, 6) is -0.603. The van der Waals surface area contributed by atoms with Crippen molar-refractivity contribution in [3.05, 3.63) is 120 Å². The summed E-state index contributed by atoms with van der Waals surface area (Å²) in [6, 6.07) is 31.9. The first-order valence-corrected chi connectivity index (χ1v) is 11.7. The predicted molar refractivity (Wildman–Crippen MR) is 144 cm³/mol. The molecule has 172 valence electrons. The number of benzene rings is 5. The molecule has 37 heavy (non-hydrogen) atoms. The van der Waals surface area contributed by atoms with Crippen molar-refractivity contribution in [2.24, 2.45) is 0 Å². The van der Waals surface area contributed by atoms with Crippen LogP contribution < -0.4 is 0 Å². The standard InChI is InChI=1S/C32H16FN3O/c1-35-25-13-7-12-22(21-11-6-8-19(18-34)30(21)33)31(25)36-26-14-4-2-10-24(26)29-27(36)17-16-23-20-9-3-5-15-28(20)37-32(23)29/h2-17H. The van der Waals surface area contributed by atoms with Crippen LogP contribution in [0, 0.1) is 23.7 Å². The summed E-state index contributed by atoms with van der Waals surface area (Å²) in [6.07, 6.45) is 0. The quantitative estimate of drug-likeness (QED) is 0.233. The maximum absolute atomic E-state index is 15.4. The Balaban J connectivity index is 1.68. The largest absolute Gasteiger partial charge is 0.455 e. The number of rotatable bonds is 2. The van der Waals surface area contributed by atoms with Gasteiger partial charge in [0, 0.05) is 21.7 Å². The third-order valence-corrected chi connectivity index (χ3v) is 6.95. The fraction of sp³-hybridized carbons (Fsp3) is 0. The normalized spacial score (nSPS) is 11.3. The van der Waals surface area contributed by atoms with Crippen LogP contribution in [0.4, 0.5) is 10.1 Å². The molecule has 0 unspecified atom stereocenters. The van der Waals surface area contributed by atoms with E-state index in [1.54, 1.807) is 30.3 Å². The molecule has 0 aliphatic rings. The summed E-state index contributed by atoms with van der Waals surface area (Å²) in [4.78, 5) is 3.81. The highest BCUT2D eigenvalue weighted by molar-refractivity contribution is 6.24. The minimum Gasteiger partial charge on any atom is -0.455 e. The fourth-order valence-electron chi connectivity index (χ4n) is 5.38. The molecule has 7 aromatic rings. The summed E-state index contributed by atoms with van der Waals surface area (Å²) < 4.78 is 23.8. The number of nitrogens with zero attached hydrogens (tertiary/aromatic N) is 3. The summed E-state index contributed by atoms with van der Waals surface area (Å²) in [5, 5.41) is 13.4. The molecule has 5 heteroatoms. The van der Waals surface area contributed by atoms with Crippen LogP contribution in [0.1, 0.15) is 5.56 Å². The first-order chi connectivity index (χ1) is 18.2. The molecule has 0 radical (unpaired) electrons. The molecule has 7 rings (SSSR count). The van der Waals surface area contributed by atoms with E-state index in [4.69, 9.17) is 11.0 Å². The zero-order valence-electron chi connectivity index (χ0n) is 19.4. The summed E-state index contributed by atoms with van der Waals surface area (Å²) in [7, 11) is 0. The van der Waals surface area contributed by atoms with Crippen LogP contribution in [-0.2, 0) is 0 Å². The summed E-state index contributed by atoms with van der Waals surface area (Å²) >= 11 is 0. The first kappa shape index (κ1) is 20.9. The lowest BCUT2D eigenvalue weighted by Gasteiger charge is -2.16. The Morgan fingerprint density at radius 3 is 2.35 bits per heavy atom. The van der Waals surface area contributed by atoms with Gasteiger partial charge in [0.2, 0.25) is 5.69 Å². The lowest BCUT2D eigenvalue weighted by molar-refractivity contribution is 0.627. The number of nitriles is 1. The molecule has 0 saturated carbocycles. The molecule has 0 fully saturated rings. The van der Waals surface area contributed by atoms with E-state index in [2.05, 4.69) is 4.85 Å². The second-order valence-electron chi connectivity index (χ2n) is 8.85. The van der Waals surface area contributed by atoms with E-state index in [0.29, 0.717) is 16.9 Å². The van der Waals surface area contributed by atoms with Crippen molar-refractivity contribution < 1.29 is 8.81 Å². The van der Waals surface area contributed by atoms with E-state index in [1.807, 2.05) is 71.3 Å². The molecule has 2 aromatic heterocycles. The second kappa shape index (κ2) is 7.81. The predicted octanol–water partition coefficient (Wildman–Crippen LogP) is 8.91. The van der Waals surface area contributed by atoms with Crippen LogP contribution in [0.25, 0.3) is 65.4 Å². The van der Waals surface area contributed by atoms with Gasteiger partial charge in [0.15, 0.2) is 0 Å². The van der Waals surface area contributed by atoms with Gasteiger partial charge in [-0.05, 0) is 35.9 Å². The van der Waals surface area contributed by atoms with Crippen molar-refractivity contribution in [1.29, 1.82) is 5.26 Å². The molecule has 0 spiro atoms. The Bertz CT molecular complexity index is 2140. The van der Waals surface area contributed by atoms with E-state index in [0.717, 1.165) is 43.7 Å². The Labute approximate surface area is 210 Å². The van der Waals surface area contributed by atoms with Crippen molar-refractivity contribution in [3.63, 3.8) is 0 Å². The van der Waals surface area contributed by atoms with Crippen molar-refractivity contribution in [3.8, 4) is 22.9 Å². The second-order valence-corrected chi connectivity index (χ2v) is 8.85. The van der Waals surface area contributed by atoms with Gasteiger partial charge in [0.25, 0.3) is 0 Å². The van der Waals surface area contributed by atoms with Gasteiger partial charge in [-0.15, -0.1) is 0 Å². The summed E-state index contributed by atoms with van der Waals surface area (Å²) in [5.41, 5.74) is 5.02. The number of fused-ring (bicyclic) bond motifs is 7. The van der Waals surface area contributed by atoms with Crippen LogP contribution >= 0.6 is 0 Å². The highest BCUT2D eigenvalue weighted by atomic mass is 19.1. The third kappa shape index (κ3) is 2.86. The molecule has 0 bridgehead atoms. The van der Waals surface area contributed by atoms with E-state index in [9.17, 15) is 5.26 Å². The first-order valence-electron chi connectivity index (χ1n) is 11.7. The van der Waals surface area contributed by atoms with E-state index in [-0.39, 0.29) is 11.1 Å². The maximum Gasteiger partial charge on any atom is 0.211 e. The molecule has 2 heterocycles. The lowest BCUT2D eigenvalue weighted by Crippen LogP contribution is -1.99. The molecule has 0 atom stereocenters. The van der Waals surface area contributed by atoms with Gasteiger partial charge in [0.1, 0.15) is 23.1 Å². The van der Waals surface area contributed by atoms with Gasteiger partial charge >= 0.3 is 0 Å². The van der Waals surface area contributed by atoms with Crippen LogP contribution in [0.2, 0.25) is 0 Å². The zero-order valence-corrected chi connectivity index (χ0v) is 19.4. The number of hydrogen-bond acceptors (Lipinski definition) is 2. The number of halogens is 1. The highest BCUT2D eigenvalue weighted by Gasteiger charge is 2.23. The Kier molecular flexibility index (Phi) is 4.42. The van der Waals surface area contributed by atoms with Crippen LogP contribution in [0.5, 0.6) is 0 Å². The Morgan fingerprint density at radius 2 is 1.51 bits per heavy atom. The van der Waals surface area contributed by atoms with E-state index in [1.165, 1.54) is 6.07 Å². The van der Waals surface area contributed by atoms with Crippen LogP contribution in [0.3, 0.4) is 0 Å². The van der Waals surface area contributed by atoms with Crippen molar-refractivity contribution in [1.82, 2.24) is 4.57 Å². The van der Waals surface area contributed by atoms with Crippen LogP contribution in [0.15, 0.2) is 101 Å². The van der Waals surface area contributed by atoms with Crippen molar-refractivity contribution >= 4 is 49.4 Å². The van der Waals surface area contributed by atoms with Gasteiger partial charge in [0.05, 0.1) is 34.2 Å². The molecule has 0 saturated heterocycles. The zero-order chi connectivity index (χ0) is 25.1. The molecule has 0 N–H and O–H groups in total. The minimum absolute atomic E-state index is 0.0390. The fourth-order valence-corrected chi connectivity index (χ4v) is 5.38. The molecular weight excluding hydrogens is 461 g/mol. The number of hydrogen-bond donors (Lipinski definition) is 0. The molecule has 4 nitrogen and oxygen atoms in total. The molecule has 0 aliphatic heterocycles. The van der Waals surface area contributed by atoms with Crippen molar-refractivity contribution in [2.45, 2.75) is 0 Å². The number of furan rings is 1. The molecule has 0 aliphatic carbocycles. The summed E-state index contributed by atoms with van der Waals surface area (Å²) in [6.45, 7) is 7.95. The minimum atomic E-state index is -0.603. The van der Waals surface area contributed by atoms with Crippen molar-refractivity contribution in [2.75, 3.05) is 0 Å². The Hall–Kier alpha value is -5.39. The average molecular weight is 477 g/mol. The topological polar surface area (TPSA) is 46.2 Å². The van der Waals surface area contributed by atoms with E-state index < -0.39 is 5.82 Å². The maximum atomic E-state index is 15.4. The van der Waals surface area contributed by atoms with Gasteiger partial charge in [-0.3, -0.25) is 0 Å². The number of aromatic nitrogens is 1. The van der Waals surface area contributed by atoms with Gasteiger partial charge in [-0.25, -0.2) is 9.24 Å². The monoisotopic (exact) mass is 477 g/mol. The lowest BCUT2D eigenvalue weighted by atomic mass is 9.99. The smallest absolute Gasteiger partial charge is 0.211 e. The number of para-hydroxylation sites is 3. The van der Waals surface area contributed by atoms with Gasteiger partial charge in [-0.2, -0.15) is 5.26 Å². The SMILES string of the molecule is [C-]#[N+]c1cccc(-c2cccc(C#N)c2F)c1-n1c2ccccc2c2c3oc4ccccc4c3ccc21. The molecule has 0 amide bonds.